The highest BCUT2D eigenvalue weighted by Gasteiger charge is 2.17. The number of allylic oxidation sites excluding steroid dienone is 5. The number of benzene rings is 1. The molecular formula is C18H16N2O2. The van der Waals surface area contributed by atoms with Crippen molar-refractivity contribution in [3.05, 3.63) is 64.7 Å². The van der Waals surface area contributed by atoms with E-state index in [1.165, 1.54) is 0 Å². The Morgan fingerprint density at radius 1 is 1.18 bits per heavy atom. The van der Waals surface area contributed by atoms with Crippen LogP contribution in [0.2, 0.25) is 0 Å². The molecule has 22 heavy (non-hydrogen) atoms. The highest BCUT2D eigenvalue weighted by molar-refractivity contribution is 5.58. The van der Waals surface area contributed by atoms with Crippen molar-refractivity contribution in [3.8, 4) is 11.5 Å². The Morgan fingerprint density at radius 3 is 3.00 bits per heavy atom. The lowest BCUT2D eigenvalue weighted by atomic mass is 10.1. The van der Waals surface area contributed by atoms with Crippen molar-refractivity contribution in [1.82, 2.24) is 4.98 Å². The summed E-state index contributed by atoms with van der Waals surface area (Å²) in [5, 5.41) is 10.5. The van der Waals surface area contributed by atoms with E-state index in [9.17, 15) is 5.11 Å². The van der Waals surface area contributed by atoms with Gasteiger partial charge in [0.25, 0.3) is 0 Å². The van der Waals surface area contributed by atoms with Crippen LogP contribution in [0, 0.1) is 0 Å². The van der Waals surface area contributed by atoms with Gasteiger partial charge in [0.1, 0.15) is 5.69 Å². The van der Waals surface area contributed by atoms with Gasteiger partial charge in [-0.1, -0.05) is 12.2 Å². The number of rotatable bonds is 1. The second kappa shape index (κ2) is 5.30. The lowest BCUT2D eigenvalue weighted by Crippen LogP contribution is -2.08. The van der Waals surface area contributed by atoms with Gasteiger partial charge in [-0.25, -0.2) is 4.98 Å². The molecule has 0 atom stereocenters. The third-order valence-electron chi connectivity index (χ3n) is 3.88. The first-order chi connectivity index (χ1) is 10.8. The topological polar surface area (TPSA) is 58.6 Å². The maximum atomic E-state index is 9.64. The number of aliphatic hydroxyl groups excluding tert-OH is 1. The molecule has 4 heteroatoms. The van der Waals surface area contributed by atoms with Gasteiger partial charge in [0, 0.05) is 30.7 Å². The molecule has 0 unspecified atom stereocenters. The molecule has 1 heterocycles. The lowest BCUT2D eigenvalue weighted by molar-refractivity contribution is 0.384. The minimum Gasteiger partial charge on any atom is -0.512 e. The van der Waals surface area contributed by atoms with E-state index in [0.717, 1.165) is 35.3 Å². The zero-order valence-electron chi connectivity index (χ0n) is 12.1. The van der Waals surface area contributed by atoms with E-state index >= 15 is 0 Å². The summed E-state index contributed by atoms with van der Waals surface area (Å²) in [6, 6.07) is 5.81. The summed E-state index contributed by atoms with van der Waals surface area (Å²) in [7, 11) is 0. The molecule has 1 N–H and O–H groups in total. The van der Waals surface area contributed by atoms with Crippen molar-refractivity contribution in [2.24, 2.45) is 4.99 Å². The molecule has 4 rings (SSSR count). The highest BCUT2D eigenvalue weighted by Crippen LogP contribution is 2.27. The predicted molar refractivity (Wildman–Crippen MR) is 84.1 cm³/mol. The number of nitrogens with zero attached hydrogens (tertiary/aromatic N) is 2. The van der Waals surface area contributed by atoms with Crippen molar-refractivity contribution >= 4 is 6.08 Å². The molecule has 4 nitrogen and oxygen atoms in total. The van der Waals surface area contributed by atoms with Gasteiger partial charge in [-0.3, -0.25) is 4.99 Å². The van der Waals surface area contributed by atoms with Crippen molar-refractivity contribution in [2.75, 3.05) is 0 Å². The number of hydrogen-bond acceptors (Lipinski definition) is 4. The SMILES string of the molecule is OC1=Cc2oc3cc(=NC4=CC=CCC4)ccc-3nc2CC1. The van der Waals surface area contributed by atoms with Crippen LogP contribution in [0.5, 0.6) is 0 Å². The third-order valence-corrected chi connectivity index (χ3v) is 3.88. The maximum absolute atomic E-state index is 9.64. The quantitative estimate of drug-likeness (QED) is 0.870. The molecule has 110 valence electrons. The summed E-state index contributed by atoms with van der Waals surface area (Å²) in [6.07, 6.45) is 11.2. The van der Waals surface area contributed by atoms with Crippen LogP contribution in [0.3, 0.4) is 0 Å². The summed E-state index contributed by atoms with van der Waals surface area (Å²) >= 11 is 0. The van der Waals surface area contributed by atoms with Crippen LogP contribution < -0.4 is 5.36 Å². The molecule has 0 saturated heterocycles. The van der Waals surface area contributed by atoms with Crippen molar-refractivity contribution in [3.63, 3.8) is 0 Å². The molecule has 0 amide bonds. The molecule has 0 aromatic carbocycles. The summed E-state index contributed by atoms with van der Waals surface area (Å²) in [5.41, 5.74) is 2.80. The predicted octanol–water partition coefficient (Wildman–Crippen LogP) is 3.76. The number of aliphatic hydroxyl groups is 1. The smallest absolute Gasteiger partial charge is 0.155 e. The Bertz CT molecular complexity index is 856. The number of aryl methyl sites for hydroxylation is 1. The van der Waals surface area contributed by atoms with Gasteiger partial charge in [-0.05, 0) is 31.1 Å². The molecule has 4 aliphatic rings. The maximum Gasteiger partial charge on any atom is 0.155 e. The van der Waals surface area contributed by atoms with Gasteiger partial charge in [0.15, 0.2) is 11.5 Å². The standard InChI is InChI=1S/C18H16N2O2/c21-14-7-9-16-18(11-14)22-17-10-13(6-8-15(17)20-16)19-12-4-2-1-3-5-12/h1-2,4,6,8,10-11,21H,3,5,7,9H2. The summed E-state index contributed by atoms with van der Waals surface area (Å²) in [4.78, 5) is 9.27. The number of aromatic nitrogens is 1. The first-order valence-corrected chi connectivity index (χ1v) is 7.52. The van der Waals surface area contributed by atoms with Crippen molar-refractivity contribution in [1.29, 1.82) is 0 Å². The average molecular weight is 292 g/mol. The van der Waals surface area contributed by atoms with Gasteiger partial charge in [0.2, 0.25) is 0 Å². The van der Waals surface area contributed by atoms with Gasteiger partial charge < -0.3 is 9.52 Å². The van der Waals surface area contributed by atoms with Crippen molar-refractivity contribution < 1.29 is 9.52 Å². The monoisotopic (exact) mass is 292 g/mol. The Labute approximate surface area is 128 Å². The Kier molecular flexibility index (Phi) is 3.15. The van der Waals surface area contributed by atoms with Gasteiger partial charge in [-0.15, -0.1) is 0 Å². The van der Waals surface area contributed by atoms with E-state index in [2.05, 4.69) is 16.1 Å². The molecular weight excluding hydrogens is 276 g/mol. The summed E-state index contributed by atoms with van der Waals surface area (Å²) in [5.74, 6) is 1.68. The number of hydrogen-bond donors (Lipinski definition) is 1. The second-order valence-corrected chi connectivity index (χ2v) is 5.55. The first kappa shape index (κ1) is 13.1. The van der Waals surface area contributed by atoms with Crippen LogP contribution in [-0.4, -0.2) is 10.1 Å². The minimum atomic E-state index is 0.345. The summed E-state index contributed by atoms with van der Waals surface area (Å²) < 4.78 is 5.89. The van der Waals surface area contributed by atoms with E-state index in [-0.39, 0.29) is 0 Å². The van der Waals surface area contributed by atoms with E-state index in [4.69, 9.17) is 4.42 Å². The Balaban J connectivity index is 1.82. The fraction of sp³-hybridized carbons (Fsp3) is 0.222. The molecule has 0 spiro atoms. The molecule has 0 saturated carbocycles. The lowest BCUT2D eigenvalue weighted by Gasteiger charge is -2.14. The zero-order valence-corrected chi connectivity index (χ0v) is 12.1. The van der Waals surface area contributed by atoms with Gasteiger partial charge in [-0.2, -0.15) is 0 Å². The van der Waals surface area contributed by atoms with Gasteiger partial charge >= 0.3 is 0 Å². The van der Waals surface area contributed by atoms with Crippen LogP contribution in [0.25, 0.3) is 17.5 Å². The van der Waals surface area contributed by atoms with E-state index in [0.29, 0.717) is 30.1 Å². The van der Waals surface area contributed by atoms with Crippen LogP contribution in [-0.2, 0) is 6.42 Å². The van der Waals surface area contributed by atoms with Crippen molar-refractivity contribution in [2.45, 2.75) is 25.7 Å². The first-order valence-electron chi connectivity index (χ1n) is 7.52. The molecule has 0 aromatic heterocycles. The molecule has 1 aliphatic heterocycles. The largest absolute Gasteiger partial charge is 0.512 e. The normalized spacial score (nSPS) is 18.1. The molecule has 0 aromatic rings. The van der Waals surface area contributed by atoms with E-state index in [1.54, 1.807) is 6.08 Å². The fourth-order valence-electron chi connectivity index (χ4n) is 2.74. The minimum absolute atomic E-state index is 0.345. The highest BCUT2D eigenvalue weighted by atomic mass is 16.3. The van der Waals surface area contributed by atoms with Crippen LogP contribution in [0.4, 0.5) is 0 Å². The fourth-order valence-corrected chi connectivity index (χ4v) is 2.74. The summed E-state index contributed by atoms with van der Waals surface area (Å²) in [6.45, 7) is 0. The molecule has 0 radical (unpaired) electrons. The number of fused-ring (bicyclic) bond motifs is 2. The Morgan fingerprint density at radius 2 is 2.14 bits per heavy atom. The molecule has 0 bridgehead atoms. The van der Waals surface area contributed by atoms with Gasteiger partial charge in [0.05, 0.1) is 16.8 Å². The molecule has 0 fully saturated rings. The second-order valence-electron chi connectivity index (χ2n) is 5.55. The Hall–Kier alpha value is -2.62. The zero-order chi connectivity index (χ0) is 14.9. The van der Waals surface area contributed by atoms with Crippen LogP contribution in [0.15, 0.2) is 57.3 Å². The van der Waals surface area contributed by atoms with E-state index in [1.807, 2.05) is 30.4 Å². The van der Waals surface area contributed by atoms with Crippen LogP contribution >= 0.6 is 0 Å². The van der Waals surface area contributed by atoms with Crippen LogP contribution in [0.1, 0.15) is 30.7 Å². The third kappa shape index (κ3) is 2.48. The average Bonchev–Trinajstić information content (AvgIpc) is 2.54. The molecule has 3 aliphatic carbocycles. The van der Waals surface area contributed by atoms with E-state index < -0.39 is 0 Å².